The highest BCUT2D eigenvalue weighted by molar-refractivity contribution is 6.09. The predicted octanol–water partition coefficient (Wildman–Crippen LogP) is 0.359. The molecule has 0 atom stereocenters. The summed E-state index contributed by atoms with van der Waals surface area (Å²) in [5, 5.41) is 8.70. The molecule has 4 nitrogen and oxygen atoms in total. The minimum atomic E-state index is 0.194. The van der Waals surface area contributed by atoms with Crippen LogP contribution in [0.25, 0.3) is 0 Å². The van der Waals surface area contributed by atoms with Crippen LogP contribution in [0.5, 0.6) is 5.75 Å². The number of rotatable bonds is 1. The number of carbonyl (C=O) groups is 2. The van der Waals surface area contributed by atoms with E-state index in [-0.39, 0.29) is 18.3 Å². The highest BCUT2D eigenvalue weighted by Crippen LogP contribution is 2.09. The van der Waals surface area contributed by atoms with Crippen LogP contribution in [-0.2, 0) is 9.59 Å². The molecule has 0 saturated heterocycles. The lowest BCUT2D eigenvalue weighted by atomic mass is 10.3. The fourth-order valence-corrected chi connectivity index (χ4v) is 0.474. The molecule has 0 amide bonds. The number of nitrogens with two attached hydrogens (primary N) is 1. The lowest BCUT2D eigenvalue weighted by molar-refractivity contribution is -0.122. The molecule has 64 valence electrons. The van der Waals surface area contributed by atoms with E-state index in [0.29, 0.717) is 5.69 Å². The summed E-state index contributed by atoms with van der Waals surface area (Å²) in [6.45, 7) is 0. The Kier molecular flexibility index (Phi) is 5.00. The van der Waals surface area contributed by atoms with Crippen molar-refractivity contribution in [3.05, 3.63) is 24.3 Å². The van der Waals surface area contributed by atoms with Crippen LogP contribution in [0.4, 0.5) is 5.69 Å². The number of hydrogen-bond acceptors (Lipinski definition) is 4. The van der Waals surface area contributed by atoms with Gasteiger partial charge in [-0.15, -0.1) is 0 Å². The fourth-order valence-electron chi connectivity index (χ4n) is 0.474. The number of phenols is 1. The number of aromatic hydroxyl groups is 1. The highest BCUT2D eigenvalue weighted by Gasteiger charge is 1.82. The van der Waals surface area contributed by atoms with Crippen LogP contribution in [0.15, 0.2) is 24.3 Å². The van der Waals surface area contributed by atoms with Gasteiger partial charge in [0.1, 0.15) is 5.75 Å². The van der Waals surface area contributed by atoms with Crippen molar-refractivity contribution in [2.45, 2.75) is 0 Å². The monoisotopic (exact) mass is 167 g/mol. The Morgan fingerprint density at radius 3 is 1.75 bits per heavy atom. The first-order chi connectivity index (χ1) is 5.70. The summed E-state index contributed by atoms with van der Waals surface area (Å²) in [5.74, 6) is 0.249. The fraction of sp³-hybridized carbons (Fsp3) is 0. The lowest BCUT2D eigenvalue weighted by Crippen LogP contribution is -1.80. The van der Waals surface area contributed by atoms with Gasteiger partial charge in [-0.25, -0.2) is 0 Å². The van der Waals surface area contributed by atoms with Crippen LogP contribution in [0.3, 0.4) is 0 Å². The number of nitrogen functional groups attached to an aromatic ring is 1. The molecule has 0 fully saturated rings. The number of phenolic OH excluding ortho intramolecular Hbond substituents is 1. The minimum absolute atomic E-state index is 0.194. The molecule has 0 aliphatic heterocycles. The first-order valence-corrected chi connectivity index (χ1v) is 3.14. The van der Waals surface area contributed by atoms with Gasteiger partial charge in [0.25, 0.3) is 0 Å². The minimum Gasteiger partial charge on any atom is -0.508 e. The molecule has 12 heavy (non-hydrogen) atoms. The Bertz CT molecular complexity index is 216. The summed E-state index contributed by atoms with van der Waals surface area (Å²) >= 11 is 0. The topological polar surface area (TPSA) is 80.4 Å². The molecule has 0 unspecified atom stereocenters. The molecule has 0 saturated carbocycles. The molecular formula is C8H9NO3. The van der Waals surface area contributed by atoms with E-state index < -0.39 is 0 Å². The maximum Gasteiger partial charge on any atom is 0.182 e. The highest BCUT2D eigenvalue weighted by atomic mass is 16.3. The lowest BCUT2D eigenvalue weighted by Gasteiger charge is -1.89. The first kappa shape index (κ1) is 10.2. The van der Waals surface area contributed by atoms with E-state index in [2.05, 4.69) is 0 Å². The van der Waals surface area contributed by atoms with Crippen molar-refractivity contribution in [2.75, 3.05) is 5.73 Å². The summed E-state index contributed by atoms with van der Waals surface area (Å²) in [7, 11) is 0. The number of benzene rings is 1. The zero-order valence-electron chi connectivity index (χ0n) is 6.31. The van der Waals surface area contributed by atoms with Crippen LogP contribution in [-0.4, -0.2) is 17.7 Å². The maximum atomic E-state index is 8.81. The van der Waals surface area contributed by atoms with Crippen LogP contribution in [0.2, 0.25) is 0 Å². The average molecular weight is 167 g/mol. The third-order valence-corrected chi connectivity index (χ3v) is 0.949. The summed E-state index contributed by atoms with van der Waals surface area (Å²) < 4.78 is 0. The second kappa shape index (κ2) is 5.91. The molecular weight excluding hydrogens is 158 g/mol. The van der Waals surface area contributed by atoms with Crippen LogP contribution in [0.1, 0.15) is 0 Å². The van der Waals surface area contributed by atoms with E-state index >= 15 is 0 Å². The van der Waals surface area contributed by atoms with Gasteiger partial charge < -0.3 is 10.8 Å². The van der Waals surface area contributed by atoms with Gasteiger partial charge in [0.05, 0.1) is 0 Å². The van der Waals surface area contributed by atoms with Crippen molar-refractivity contribution in [3.63, 3.8) is 0 Å². The number of anilines is 1. The summed E-state index contributed by atoms with van der Waals surface area (Å²) in [6.07, 6.45) is 0.389. The Labute approximate surface area is 69.6 Å². The van der Waals surface area contributed by atoms with Gasteiger partial charge in [-0.2, -0.15) is 0 Å². The quantitative estimate of drug-likeness (QED) is 0.274. The Morgan fingerprint density at radius 2 is 1.50 bits per heavy atom. The summed E-state index contributed by atoms with van der Waals surface area (Å²) in [4.78, 5) is 17.6. The van der Waals surface area contributed by atoms with E-state index in [0.717, 1.165) is 0 Å². The number of aldehydes is 2. The molecule has 1 rings (SSSR count). The molecule has 1 aromatic carbocycles. The molecule has 4 heteroatoms. The third kappa shape index (κ3) is 4.99. The zero-order chi connectivity index (χ0) is 9.40. The molecule has 0 heterocycles. The SMILES string of the molecule is Nc1ccc(O)cc1.O=CC=O. The molecule has 0 aliphatic rings. The van der Waals surface area contributed by atoms with E-state index in [1.54, 1.807) is 24.3 Å². The third-order valence-electron chi connectivity index (χ3n) is 0.949. The average Bonchev–Trinajstić information content (AvgIpc) is 2.11. The van der Waals surface area contributed by atoms with Crippen molar-refractivity contribution in [1.82, 2.24) is 0 Å². The first-order valence-electron chi connectivity index (χ1n) is 3.14. The standard InChI is InChI=1S/C6H7NO.C2H2O2/c7-5-1-3-6(8)4-2-5;3-1-2-4/h1-4,8H,7H2;1-2H. The van der Waals surface area contributed by atoms with Crippen molar-refractivity contribution in [2.24, 2.45) is 0 Å². The second-order valence-corrected chi connectivity index (χ2v) is 1.86. The van der Waals surface area contributed by atoms with E-state index in [1.165, 1.54) is 0 Å². The van der Waals surface area contributed by atoms with Crippen LogP contribution in [0, 0.1) is 0 Å². The zero-order valence-corrected chi connectivity index (χ0v) is 6.31. The van der Waals surface area contributed by atoms with Gasteiger partial charge in [0, 0.05) is 5.69 Å². The van der Waals surface area contributed by atoms with Crippen molar-refractivity contribution >= 4 is 18.3 Å². The van der Waals surface area contributed by atoms with E-state index in [4.69, 9.17) is 20.4 Å². The largest absolute Gasteiger partial charge is 0.508 e. The van der Waals surface area contributed by atoms with Gasteiger partial charge in [-0.05, 0) is 24.3 Å². The van der Waals surface area contributed by atoms with Gasteiger partial charge in [-0.3, -0.25) is 9.59 Å². The Morgan fingerprint density at radius 1 is 1.08 bits per heavy atom. The molecule has 0 aromatic heterocycles. The molecule has 0 spiro atoms. The number of hydrogen-bond donors (Lipinski definition) is 2. The van der Waals surface area contributed by atoms with Crippen molar-refractivity contribution in [3.8, 4) is 5.75 Å². The molecule has 0 radical (unpaired) electrons. The smallest absolute Gasteiger partial charge is 0.182 e. The Hall–Kier alpha value is -1.84. The van der Waals surface area contributed by atoms with Gasteiger partial charge in [0.15, 0.2) is 12.6 Å². The Balaban J connectivity index is 0.000000261. The second-order valence-electron chi connectivity index (χ2n) is 1.86. The van der Waals surface area contributed by atoms with E-state index in [1.807, 2.05) is 0 Å². The number of carbonyl (C=O) groups excluding carboxylic acids is 2. The normalized spacial score (nSPS) is 7.67. The van der Waals surface area contributed by atoms with E-state index in [9.17, 15) is 0 Å². The van der Waals surface area contributed by atoms with Crippen molar-refractivity contribution in [1.29, 1.82) is 0 Å². The molecule has 0 bridgehead atoms. The maximum absolute atomic E-state index is 8.81. The van der Waals surface area contributed by atoms with Gasteiger partial charge >= 0.3 is 0 Å². The van der Waals surface area contributed by atoms with Crippen molar-refractivity contribution < 1.29 is 14.7 Å². The summed E-state index contributed by atoms with van der Waals surface area (Å²) in [6, 6.07) is 6.40. The van der Waals surface area contributed by atoms with Crippen LogP contribution >= 0.6 is 0 Å². The summed E-state index contributed by atoms with van der Waals surface area (Å²) in [5.41, 5.74) is 5.98. The molecule has 1 aromatic rings. The van der Waals surface area contributed by atoms with Gasteiger partial charge in [-0.1, -0.05) is 0 Å². The van der Waals surface area contributed by atoms with Gasteiger partial charge in [0.2, 0.25) is 0 Å². The predicted molar refractivity (Wildman–Crippen MR) is 44.6 cm³/mol. The molecule has 0 aliphatic carbocycles. The molecule has 3 N–H and O–H groups in total. The van der Waals surface area contributed by atoms with Crippen LogP contribution < -0.4 is 5.73 Å².